The molecule has 132 valence electrons. The number of hydrogen-bond acceptors (Lipinski definition) is 6. The molecule has 1 atom stereocenters. The number of fused-ring (bicyclic) bond motifs is 1. The number of carbonyl (C=O) groups is 2. The summed E-state index contributed by atoms with van der Waals surface area (Å²) >= 11 is 1.44. The van der Waals surface area contributed by atoms with E-state index in [1.54, 1.807) is 6.07 Å². The van der Waals surface area contributed by atoms with Crippen molar-refractivity contribution in [3.8, 4) is 5.75 Å². The van der Waals surface area contributed by atoms with Crippen molar-refractivity contribution in [1.29, 1.82) is 0 Å². The lowest BCUT2D eigenvalue weighted by Gasteiger charge is -2.29. The lowest BCUT2D eigenvalue weighted by Crippen LogP contribution is -2.36. The third-order valence-electron chi connectivity index (χ3n) is 3.47. The number of benzene rings is 1. The Morgan fingerprint density at radius 2 is 2.04 bits per heavy atom. The van der Waals surface area contributed by atoms with Gasteiger partial charge in [-0.05, 0) is 39.2 Å². The highest BCUT2D eigenvalue weighted by Crippen LogP contribution is 2.37. The molecule has 1 aliphatic heterocycles. The zero-order valence-corrected chi connectivity index (χ0v) is 15.4. The van der Waals surface area contributed by atoms with Gasteiger partial charge < -0.3 is 19.5 Å². The van der Waals surface area contributed by atoms with Crippen LogP contribution < -0.4 is 10.1 Å². The summed E-state index contributed by atoms with van der Waals surface area (Å²) in [4.78, 5) is 24.8. The first-order valence-corrected chi connectivity index (χ1v) is 8.90. The van der Waals surface area contributed by atoms with Crippen molar-refractivity contribution in [2.75, 3.05) is 20.0 Å². The number of carbonyl (C=O) groups excluding carboxylic acids is 2. The number of ether oxygens (including phenoxy) is 3. The van der Waals surface area contributed by atoms with Crippen LogP contribution in [0.2, 0.25) is 0 Å². The minimum Gasteiger partial charge on any atom is -0.493 e. The number of esters is 1. The van der Waals surface area contributed by atoms with Gasteiger partial charge in [-0.25, -0.2) is 9.59 Å². The van der Waals surface area contributed by atoms with Crippen LogP contribution >= 0.6 is 11.8 Å². The number of thioether (sulfide) groups is 1. The Bertz CT molecular complexity index is 639. The highest BCUT2D eigenvalue weighted by atomic mass is 32.2. The third kappa shape index (κ3) is 4.35. The fourth-order valence-corrected chi connectivity index (χ4v) is 3.06. The number of hydrogen-bond donors (Lipinski definition) is 1. The monoisotopic (exact) mass is 353 g/mol. The minimum atomic E-state index is -0.558. The van der Waals surface area contributed by atoms with Crippen LogP contribution in [0, 0.1) is 0 Å². The average molecular weight is 353 g/mol. The van der Waals surface area contributed by atoms with Crippen molar-refractivity contribution < 1.29 is 23.8 Å². The smallest absolute Gasteiger partial charge is 0.408 e. The molecule has 1 aromatic rings. The molecule has 0 fully saturated rings. The Hall–Kier alpha value is -1.89. The highest BCUT2D eigenvalue weighted by Gasteiger charge is 2.28. The molecule has 1 amide bonds. The second-order valence-electron chi connectivity index (χ2n) is 6.42. The van der Waals surface area contributed by atoms with Gasteiger partial charge >= 0.3 is 12.1 Å². The third-order valence-corrected chi connectivity index (χ3v) is 4.25. The van der Waals surface area contributed by atoms with Crippen LogP contribution in [0.15, 0.2) is 17.0 Å². The Morgan fingerprint density at radius 3 is 2.62 bits per heavy atom. The van der Waals surface area contributed by atoms with Gasteiger partial charge in [0.15, 0.2) is 0 Å². The molecule has 1 unspecified atom stereocenters. The van der Waals surface area contributed by atoms with Crippen LogP contribution in [0.1, 0.15) is 49.2 Å². The van der Waals surface area contributed by atoms with Gasteiger partial charge in [0.1, 0.15) is 11.4 Å². The van der Waals surface area contributed by atoms with Gasteiger partial charge in [0, 0.05) is 16.9 Å². The summed E-state index contributed by atoms with van der Waals surface area (Å²) in [5.74, 6) is 0.175. The average Bonchev–Trinajstić information content (AvgIpc) is 2.51. The van der Waals surface area contributed by atoms with Crippen LogP contribution in [-0.2, 0) is 9.47 Å². The molecule has 0 saturated heterocycles. The SMILES string of the molecule is COC(=O)c1cc2c(cc1SC)C(NC(=O)OC(C)(C)C)CCO2. The fraction of sp³-hybridized carbons (Fsp3) is 0.529. The van der Waals surface area contributed by atoms with E-state index in [9.17, 15) is 9.59 Å². The van der Waals surface area contributed by atoms with Crippen LogP contribution in [-0.4, -0.2) is 37.6 Å². The topological polar surface area (TPSA) is 73.9 Å². The van der Waals surface area contributed by atoms with E-state index in [0.29, 0.717) is 24.3 Å². The second-order valence-corrected chi connectivity index (χ2v) is 7.27. The molecule has 0 saturated carbocycles. The van der Waals surface area contributed by atoms with Gasteiger partial charge in [0.25, 0.3) is 0 Å². The molecule has 0 spiro atoms. The van der Waals surface area contributed by atoms with E-state index in [1.807, 2.05) is 33.1 Å². The predicted octanol–water partition coefficient (Wildman–Crippen LogP) is 3.54. The van der Waals surface area contributed by atoms with Gasteiger partial charge in [-0.1, -0.05) is 0 Å². The van der Waals surface area contributed by atoms with Crippen molar-refractivity contribution in [2.24, 2.45) is 0 Å². The largest absolute Gasteiger partial charge is 0.493 e. The highest BCUT2D eigenvalue weighted by molar-refractivity contribution is 7.98. The molecular weight excluding hydrogens is 330 g/mol. The van der Waals surface area contributed by atoms with Crippen molar-refractivity contribution in [2.45, 2.75) is 43.7 Å². The maximum Gasteiger partial charge on any atom is 0.408 e. The van der Waals surface area contributed by atoms with Crippen LogP contribution in [0.4, 0.5) is 4.79 Å². The standard InChI is InChI=1S/C17H23NO5S/c1-17(2,3)23-16(20)18-12-6-7-22-13-8-11(15(19)21-4)14(24-5)9-10(12)13/h8-9,12H,6-7H2,1-5H3,(H,18,20). The van der Waals surface area contributed by atoms with Crippen LogP contribution in [0.25, 0.3) is 0 Å². The Balaban J connectivity index is 2.29. The number of alkyl carbamates (subject to hydrolysis) is 1. The number of methoxy groups -OCH3 is 1. The van der Waals surface area contributed by atoms with Gasteiger partial charge in [0.05, 0.1) is 25.3 Å². The molecule has 2 rings (SSSR count). The van der Waals surface area contributed by atoms with Gasteiger partial charge in [-0.3, -0.25) is 0 Å². The first-order chi connectivity index (χ1) is 11.2. The maximum absolute atomic E-state index is 12.1. The molecule has 0 bridgehead atoms. The fourth-order valence-electron chi connectivity index (χ4n) is 2.45. The summed E-state index contributed by atoms with van der Waals surface area (Å²) in [6.45, 7) is 5.91. The zero-order valence-electron chi connectivity index (χ0n) is 14.6. The summed E-state index contributed by atoms with van der Waals surface area (Å²) in [5.41, 5.74) is 0.739. The molecule has 1 heterocycles. The molecule has 1 aliphatic rings. The molecular formula is C17H23NO5S. The Morgan fingerprint density at radius 1 is 1.33 bits per heavy atom. The van der Waals surface area contributed by atoms with Crippen molar-refractivity contribution in [1.82, 2.24) is 5.32 Å². The van der Waals surface area contributed by atoms with Crippen molar-refractivity contribution >= 4 is 23.8 Å². The second kappa shape index (κ2) is 7.34. The van der Waals surface area contributed by atoms with E-state index >= 15 is 0 Å². The molecule has 24 heavy (non-hydrogen) atoms. The molecule has 0 aliphatic carbocycles. The van der Waals surface area contributed by atoms with Gasteiger partial charge in [0.2, 0.25) is 0 Å². The molecule has 0 aromatic heterocycles. The van der Waals surface area contributed by atoms with E-state index in [1.165, 1.54) is 18.9 Å². The predicted molar refractivity (Wildman–Crippen MR) is 91.8 cm³/mol. The van der Waals surface area contributed by atoms with Crippen molar-refractivity contribution in [3.63, 3.8) is 0 Å². The lowest BCUT2D eigenvalue weighted by atomic mass is 9.98. The minimum absolute atomic E-state index is 0.221. The van der Waals surface area contributed by atoms with E-state index < -0.39 is 17.7 Å². The Kier molecular flexibility index (Phi) is 5.64. The maximum atomic E-state index is 12.1. The van der Waals surface area contributed by atoms with E-state index in [0.717, 1.165) is 10.5 Å². The summed E-state index contributed by atoms with van der Waals surface area (Å²) in [7, 11) is 1.35. The quantitative estimate of drug-likeness (QED) is 0.662. The first-order valence-electron chi connectivity index (χ1n) is 7.67. The van der Waals surface area contributed by atoms with Gasteiger partial charge in [-0.2, -0.15) is 0 Å². The molecule has 6 nitrogen and oxygen atoms in total. The summed E-state index contributed by atoms with van der Waals surface area (Å²) in [5, 5.41) is 2.88. The zero-order chi connectivity index (χ0) is 17.9. The van der Waals surface area contributed by atoms with Crippen LogP contribution in [0.5, 0.6) is 5.75 Å². The van der Waals surface area contributed by atoms with E-state index in [4.69, 9.17) is 14.2 Å². The summed E-state index contributed by atoms with van der Waals surface area (Å²) in [6, 6.07) is 3.32. The summed E-state index contributed by atoms with van der Waals surface area (Å²) < 4.78 is 15.8. The van der Waals surface area contributed by atoms with Gasteiger partial charge in [-0.15, -0.1) is 11.8 Å². The van der Waals surface area contributed by atoms with Crippen LogP contribution in [0.3, 0.4) is 0 Å². The normalized spacial score (nSPS) is 16.6. The Labute approximate surface area is 146 Å². The molecule has 1 N–H and O–H groups in total. The molecule has 1 aromatic carbocycles. The lowest BCUT2D eigenvalue weighted by molar-refractivity contribution is 0.0488. The molecule has 0 radical (unpaired) electrons. The summed E-state index contributed by atoms with van der Waals surface area (Å²) in [6.07, 6.45) is 2.05. The molecule has 7 heteroatoms. The first kappa shape index (κ1) is 18.4. The number of amides is 1. The number of rotatable bonds is 3. The van der Waals surface area contributed by atoms with E-state index in [2.05, 4.69) is 5.32 Å². The van der Waals surface area contributed by atoms with E-state index in [-0.39, 0.29) is 6.04 Å². The number of nitrogens with one attached hydrogen (secondary N) is 1. The van der Waals surface area contributed by atoms with Crippen molar-refractivity contribution in [3.05, 3.63) is 23.3 Å².